The molecule has 3 aromatic rings. The maximum absolute atomic E-state index is 12.4. The van der Waals surface area contributed by atoms with Gasteiger partial charge in [0, 0.05) is 31.0 Å². The molecule has 174 valence electrons. The molecule has 0 radical (unpaired) electrons. The van der Waals surface area contributed by atoms with Crippen molar-refractivity contribution in [1.29, 1.82) is 0 Å². The SMILES string of the molecule is O=C(OCc1ccccc1)N1CCC(COc2ccc3c(c2)c(I)nn3C2CCCCO2)C1. The van der Waals surface area contributed by atoms with E-state index in [1.54, 1.807) is 4.90 Å². The van der Waals surface area contributed by atoms with Crippen LogP contribution in [-0.2, 0) is 16.1 Å². The second-order valence-electron chi connectivity index (χ2n) is 8.69. The Balaban J connectivity index is 1.15. The highest BCUT2D eigenvalue weighted by atomic mass is 127. The molecule has 8 heteroatoms. The third kappa shape index (κ3) is 5.27. The van der Waals surface area contributed by atoms with Crippen LogP contribution in [0.25, 0.3) is 10.9 Å². The number of hydrogen-bond donors (Lipinski definition) is 0. The molecule has 2 aliphatic rings. The Labute approximate surface area is 207 Å². The van der Waals surface area contributed by atoms with Crippen LogP contribution in [0, 0.1) is 9.62 Å². The summed E-state index contributed by atoms with van der Waals surface area (Å²) in [5.41, 5.74) is 2.07. The van der Waals surface area contributed by atoms with Crippen LogP contribution in [0.15, 0.2) is 48.5 Å². The van der Waals surface area contributed by atoms with Crippen molar-refractivity contribution in [1.82, 2.24) is 14.7 Å². The lowest BCUT2D eigenvalue weighted by Gasteiger charge is -2.23. The maximum atomic E-state index is 12.4. The van der Waals surface area contributed by atoms with Gasteiger partial charge in [0.15, 0.2) is 6.23 Å². The van der Waals surface area contributed by atoms with Gasteiger partial charge < -0.3 is 19.1 Å². The Morgan fingerprint density at radius 1 is 1.15 bits per heavy atom. The number of nitrogens with zero attached hydrogens (tertiary/aromatic N) is 3. The van der Waals surface area contributed by atoms with Crippen LogP contribution in [0.5, 0.6) is 5.75 Å². The van der Waals surface area contributed by atoms with E-state index < -0.39 is 0 Å². The summed E-state index contributed by atoms with van der Waals surface area (Å²) in [4.78, 5) is 14.2. The second-order valence-corrected chi connectivity index (χ2v) is 9.71. The Morgan fingerprint density at radius 3 is 2.85 bits per heavy atom. The summed E-state index contributed by atoms with van der Waals surface area (Å²) in [6.07, 6.45) is 3.96. The average Bonchev–Trinajstić information content (AvgIpc) is 3.47. The fourth-order valence-corrected chi connectivity index (χ4v) is 5.13. The minimum Gasteiger partial charge on any atom is -0.493 e. The average molecular weight is 561 g/mol. The van der Waals surface area contributed by atoms with Gasteiger partial charge in [-0.05, 0) is 72.0 Å². The molecular weight excluding hydrogens is 533 g/mol. The van der Waals surface area contributed by atoms with Crippen LogP contribution in [0.2, 0.25) is 0 Å². The number of amides is 1. The van der Waals surface area contributed by atoms with Gasteiger partial charge in [-0.2, -0.15) is 5.10 Å². The molecule has 1 aromatic heterocycles. The van der Waals surface area contributed by atoms with Gasteiger partial charge >= 0.3 is 6.09 Å². The van der Waals surface area contributed by atoms with E-state index in [1.165, 1.54) is 6.42 Å². The molecule has 0 aliphatic carbocycles. The number of halogens is 1. The molecular formula is C25H28IN3O4. The molecule has 0 N–H and O–H groups in total. The van der Waals surface area contributed by atoms with Gasteiger partial charge in [-0.15, -0.1) is 0 Å². The molecule has 2 aromatic carbocycles. The van der Waals surface area contributed by atoms with E-state index in [2.05, 4.69) is 34.7 Å². The lowest BCUT2D eigenvalue weighted by atomic mass is 10.1. The molecule has 33 heavy (non-hydrogen) atoms. The van der Waals surface area contributed by atoms with E-state index in [1.807, 2.05) is 41.1 Å². The summed E-state index contributed by atoms with van der Waals surface area (Å²) < 4.78 is 20.5. The van der Waals surface area contributed by atoms with Crippen molar-refractivity contribution in [3.05, 3.63) is 57.8 Å². The molecule has 2 unspecified atom stereocenters. The topological polar surface area (TPSA) is 65.8 Å². The first kappa shape index (κ1) is 22.5. The zero-order valence-electron chi connectivity index (χ0n) is 18.5. The highest BCUT2D eigenvalue weighted by molar-refractivity contribution is 14.1. The van der Waals surface area contributed by atoms with Crippen molar-refractivity contribution in [2.24, 2.45) is 5.92 Å². The molecule has 7 nitrogen and oxygen atoms in total. The fraction of sp³-hybridized carbons (Fsp3) is 0.440. The number of likely N-dealkylation sites (tertiary alicyclic amines) is 1. The lowest BCUT2D eigenvalue weighted by Crippen LogP contribution is -2.30. The van der Waals surface area contributed by atoms with E-state index in [0.29, 0.717) is 32.2 Å². The van der Waals surface area contributed by atoms with E-state index >= 15 is 0 Å². The number of hydrogen-bond acceptors (Lipinski definition) is 5. The fourth-order valence-electron chi connectivity index (χ4n) is 4.47. The normalized spacial score (nSPS) is 20.8. The minimum atomic E-state index is -0.255. The monoisotopic (exact) mass is 561 g/mol. The number of aromatic nitrogens is 2. The van der Waals surface area contributed by atoms with Crippen molar-refractivity contribution < 1.29 is 19.0 Å². The molecule has 2 aliphatic heterocycles. The van der Waals surface area contributed by atoms with Crippen LogP contribution >= 0.6 is 22.6 Å². The van der Waals surface area contributed by atoms with E-state index in [0.717, 1.165) is 51.8 Å². The number of benzene rings is 2. The van der Waals surface area contributed by atoms with Crippen molar-refractivity contribution in [3.63, 3.8) is 0 Å². The van der Waals surface area contributed by atoms with Gasteiger partial charge in [0.05, 0.1) is 12.1 Å². The highest BCUT2D eigenvalue weighted by Gasteiger charge is 2.28. The van der Waals surface area contributed by atoms with Crippen molar-refractivity contribution >= 4 is 39.6 Å². The summed E-state index contributed by atoms with van der Waals surface area (Å²) in [6.45, 7) is 3.03. The molecule has 2 atom stereocenters. The zero-order valence-corrected chi connectivity index (χ0v) is 20.6. The van der Waals surface area contributed by atoms with Gasteiger partial charge in [-0.3, -0.25) is 0 Å². The van der Waals surface area contributed by atoms with Gasteiger partial charge in [0.25, 0.3) is 0 Å². The van der Waals surface area contributed by atoms with E-state index in [4.69, 9.17) is 19.3 Å². The largest absolute Gasteiger partial charge is 0.493 e. The summed E-state index contributed by atoms with van der Waals surface area (Å²) in [5, 5.41) is 5.81. The molecule has 1 amide bonds. The lowest BCUT2D eigenvalue weighted by molar-refractivity contribution is -0.0368. The summed E-state index contributed by atoms with van der Waals surface area (Å²) in [6, 6.07) is 15.9. The Morgan fingerprint density at radius 2 is 2.03 bits per heavy atom. The van der Waals surface area contributed by atoms with Gasteiger partial charge in [-0.25, -0.2) is 9.48 Å². The highest BCUT2D eigenvalue weighted by Crippen LogP contribution is 2.31. The van der Waals surface area contributed by atoms with Crippen molar-refractivity contribution in [3.8, 4) is 5.75 Å². The summed E-state index contributed by atoms with van der Waals surface area (Å²) in [7, 11) is 0. The molecule has 0 saturated carbocycles. The van der Waals surface area contributed by atoms with Crippen molar-refractivity contribution in [2.75, 3.05) is 26.3 Å². The van der Waals surface area contributed by atoms with Crippen LogP contribution < -0.4 is 4.74 Å². The van der Waals surface area contributed by atoms with Gasteiger partial charge in [0.2, 0.25) is 0 Å². The molecule has 2 saturated heterocycles. The van der Waals surface area contributed by atoms with Crippen LogP contribution in [0.3, 0.4) is 0 Å². The summed E-state index contributed by atoms with van der Waals surface area (Å²) in [5.74, 6) is 1.12. The Bertz CT molecular complexity index is 1100. The molecule has 0 spiro atoms. The number of ether oxygens (including phenoxy) is 3. The van der Waals surface area contributed by atoms with Gasteiger partial charge in [0.1, 0.15) is 16.1 Å². The predicted octanol–water partition coefficient (Wildman–Crippen LogP) is 5.38. The van der Waals surface area contributed by atoms with Crippen LogP contribution in [-0.4, -0.2) is 47.1 Å². The number of carbonyl (C=O) groups excluding carboxylic acids is 1. The molecule has 0 bridgehead atoms. The quantitative estimate of drug-likeness (QED) is 0.379. The standard InChI is InChI=1S/C25H28IN3O4/c26-24-21-14-20(9-10-22(21)29(27-24)23-8-4-5-13-31-23)32-17-19-11-12-28(15-19)25(30)33-16-18-6-2-1-3-7-18/h1-3,6-7,9-10,14,19,23H,4-5,8,11-13,15-17H2. The minimum absolute atomic E-state index is 0.0163. The first-order valence-corrected chi connectivity index (χ1v) is 12.6. The number of rotatable bonds is 6. The van der Waals surface area contributed by atoms with E-state index in [-0.39, 0.29) is 12.3 Å². The molecule has 3 heterocycles. The zero-order chi connectivity index (χ0) is 22.6. The van der Waals surface area contributed by atoms with Crippen LogP contribution in [0.4, 0.5) is 4.79 Å². The third-order valence-electron chi connectivity index (χ3n) is 6.30. The smallest absolute Gasteiger partial charge is 0.410 e. The maximum Gasteiger partial charge on any atom is 0.410 e. The third-order valence-corrected chi connectivity index (χ3v) is 7.09. The van der Waals surface area contributed by atoms with Gasteiger partial charge in [-0.1, -0.05) is 30.3 Å². The first-order chi connectivity index (χ1) is 16.2. The molecule has 5 rings (SSSR count). The summed E-state index contributed by atoms with van der Waals surface area (Å²) >= 11 is 2.28. The molecule has 2 fully saturated rings. The second kappa shape index (κ2) is 10.3. The van der Waals surface area contributed by atoms with E-state index in [9.17, 15) is 4.79 Å². The predicted molar refractivity (Wildman–Crippen MR) is 133 cm³/mol. The van der Waals surface area contributed by atoms with Crippen LogP contribution in [0.1, 0.15) is 37.5 Å². The van der Waals surface area contributed by atoms with Crippen molar-refractivity contribution in [2.45, 2.75) is 38.5 Å². The number of carbonyl (C=O) groups is 1. The number of fused-ring (bicyclic) bond motifs is 1. The first-order valence-electron chi connectivity index (χ1n) is 11.5. The Hall–Kier alpha value is -2.33. The Kier molecular flexibility index (Phi) is 7.01.